The van der Waals surface area contributed by atoms with Gasteiger partial charge in [0.1, 0.15) is 30.2 Å². The van der Waals surface area contributed by atoms with Crippen LogP contribution in [0.1, 0.15) is 11.1 Å². The van der Waals surface area contributed by atoms with E-state index in [9.17, 15) is 20.4 Å². The van der Waals surface area contributed by atoms with Crippen molar-refractivity contribution in [1.82, 2.24) is 0 Å². The molecule has 5 atom stereocenters. The number of ether oxygens (including phenoxy) is 2. The lowest BCUT2D eigenvalue weighted by atomic mass is 9.99. The zero-order valence-corrected chi connectivity index (χ0v) is 12.3. The Morgan fingerprint density at radius 3 is 2.50 bits per heavy atom. The van der Waals surface area contributed by atoms with Gasteiger partial charge in [-0.05, 0) is 30.5 Å². The average molecular weight is 314 g/mol. The smallest absolute Gasteiger partial charge is 0.186 e. The van der Waals surface area contributed by atoms with Crippen LogP contribution in [0.25, 0.3) is 0 Å². The van der Waals surface area contributed by atoms with Crippen LogP contribution in [-0.4, -0.2) is 69.5 Å². The first-order valence-corrected chi connectivity index (χ1v) is 7.14. The molecule has 2 rings (SSSR count). The Bertz CT molecular complexity index is 491. The summed E-state index contributed by atoms with van der Waals surface area (Å²) < 4.78 is 10.6. The van der Waals surface area contributed by atoms with Crippen molar-refractivity contribution >= 4 is 0 Å². The number of aryl methyl sites for hydroxylation is 1. The number of aliphatic hydroxyl groups excluding tert-OH is 4. The molecule has 1 heterocycles. The third-order valence-electron chi connectivity index (χ3n) is 3.78. The normalized spacial score (nSPS) is 32.1. The highest BCUT2D eigenvalue weighted by molar-refractivity contribution is 5.34. The molecule has 1 fully saturated rings. The first-order chi connectivity index (χ1) is 10.4. The number of hydrogen-bond acceptors (Lipinski definition) is 7. The Hall–Kier alpha value is -1.22. The van der Waals surface area contributed by atoms with E-state index in [1.54, 1.807) is 19.1 Å². The zero-order chi connectivity index (χ0) is 16.3. The number of phenolic OH excluding ortho intramolecular Hbond substituents is 1. The van der Waals surface area contributed by atoms with E-state index < -0.39 is 37.3 Å². The number of aliphatic hydroxyl groups is 4. The molecule has 7 nitrogen and oxygen atoms in total. The van der Waals surface area contributed by atoms with Crippen molar-refractivity contribution in [1.29, 1.82) is 0 Å². The minimum Gasteiger partial charge on any atom is -0.508 e. The van der Waals surface area contributed by atoms with E-state index in [1.807, 2.05) is 6.07 Å². The van der Waals surface area contributed by atoms with E-state index in [0.717, 1.165) is 11.1 Å². The van der Waals surface area contributed by atoms with Gasteiger partial charge in [-0.2, -0.15) is 0 Å². The van der Waals surface area contributed by atoms with Crippen LogP contribution in [0.3, 0.4) is 0 Å². The summed E-state index contributed by atoms with van der Waals surface area (Å²) >= 11 is 0. The molecule has 124 valence electrons. The number of hydrogen-bond donors (Lipinski definition) is 5. The van der Waals surface area contributed by atoms with E-state index >= 15 is 0 Å². The van der Waals surface area contributed by atoms with E-state index in [4.69, 9.17) is 14.6 Å². The molecule has 7 heteroatoms. The molecule has 0 bridgehead atoms. The van der Waals surface area contributed by atoms with Gasteiger partial charge in [0.05, 0.1) is 13.2 Å². The Balaban J connectivity index is 1.88. The van der Waals surface area contributed by atoms with Crippen LogP contribution in [0, 0.1) is 6.92 Å². The molecule has 0 unspecified atom stereocenters. The Labute approximate surface area is 128 Å². The third-order valence-corrected chi connectivity index (χ3v) is 3.78. The maximum Gasteiger partial charge on any atom is 0.186 e. The van der Waals surface area contributed by atoms with Crippen LogP contribution in [-0.2, 0) is 15.9 Å². The quantitative estimate of drug-likeness (QED) is 0.476. The minimum absolute atomic E-state index is 0.215. The van der Waals surface area contributed by atoms with Crippen molar-refractivity contribution in [2.24, 2.45) is 0 Å². The van der Waals surface area contributed by atoms with E-state index in [1.165, 1.54) is 0 Å². The van der Waals surface area contributed by atoms with Gasteiger partial charge in [-0.1, -0.05) is 12.1 Å². The maximum atomic E-state index is 9.82. The summed E-state index contributed by atoms with van der Waals surface area (Å²) in [5.41, 5.74) is 1.70. The van der Waals surface area contributed by atoms with Crippen molar-refractivity contribution in [2.75, 3.05) is 13.2 Å². The number of phenols is 1. The van der Waals surface area contributed by atoms with Gasteiger partial charge in [0, 0.05) is 0 Å². The lowest BCUT2D eigenvalue weighted by Crippen LogP contribution is -2.59. The molecule has 0 saturated carbocycles. The number of aromatic hydroxyl groups is 1. The van der Waals surface area contributed by atoms with E-state index in [0.29, 0.717) is 6.42 Å². The third kappa shape index (κ3) is 3.75. The van der Waals surface area contributed by atoms with Crippen LogP contribution in [0.5, 0.6) is 5.75 Å². The van der Waals surface area contributed by atoms with Gasteiger partial charge in [-0.25, -0.2) is 0 Å². The van der Waals surface area contributed by atoms with Crippen molar-refractivity contribution in [2.45, 2.75) is 44.1 Å². The summed E-state index contributed by atoms with van der Waals surface area (Å²) in [6.07, 6.45) is -5.78. The average Bonchev–Trinajstić information content (AvgIpc) is 2.51. The van der Waals surface area contributed by atoms with Gasteiger partial charge in [0.15, 0.2) is 6.29 Å². The monoisotopic (exact) mass is 314 g/mol. The van der Waals surface area contributed by atoms with Crippen molar-refractivity contribution < 1.29 is 35.0 Å². The van der Waals surface area contributed by atoms with Gasteiger partial charge < -0.3 is 35.0 Å². The molecule has 1 aromatic rings. The van der Waals surface area contributed by atoms with Crippen molar-refractivity contribution in [3.05, 3.63) is 29.3 Å². The Morgan fingerprint density at radius 1 is 1.14 bits per heavy atom. The predicted octanol–water partition coefficient (Wildman–Crippen LogP) is -0.940. The molecule has 0 aliphatic carbocycles. The highest BCUT2D eigenvalue weighted by atomic mass is 16.7. The standard InChI is InChI=1S/C15H22O7/c1-8-6-9(2-3-10(8)17)4-5-21-15-14(20)13(19)12(18)11(7-16)22-15/h2-3,6,11-20H,4-5,7H2,1H3/t11-,12-,13+,14-,15-/m1/s1. The second-order valence-corrected chi connectivity index (χ2v) is 5.44. The molecular weight excluding hydrogens is 292 g/mol. The Kier molecular flexibility index (Phi) is 5.74. The Morgan fingerprint density at radius 2 is 1.86 bits per heavy atom. The largest absolute Gasteiger partial charge is 0.508 e. The van der Waals surface area contributed by atoms with Gasteiger partial charge in [0.25, 0.3) is 0 Å². The fourth-order valence-electron chi connectivity index (χ4n) is 2.37. The molecule has 22 heavy (non-hydrogen) atoms. The van der Waals surface area contributed by atoms with E-state index in [-0.39, 0.29) is 12.4 Å². The first-order valence-electron chi connectivity index (χ1n) is 7.14. The highest BCUT2D eigenvalue weighted by Gasteiger charge is 2.43. The molecule has 0 radical (unpaired) electrons. The maximum absolute atomic E-state index is 9.82. The van der Waals surface area contributed by atoms with Crippen LogP contribution in [0.4, 0.5) is 0 Å². The molecular formula is C15H22O7. The zero-order valence-electron chi connectivity index (χ0n) is 12.3. The minimum atomic E-state index is -1.44. The molecule has 1 aliphatic rings. The number of benzene rings is 1. The fourth-order valence-corrected chi connectivity index (χ4v) is 2.37. The van der Waals surface area contributed by atoms with Crippen LogP contribution in [0.15, 0.2) is 18.2 Å². The molecule has 1 aliphatic heterocycles. The van der Waals surface area contributed by atoms with Gasteiger partial charge in [-0.3, -0.25) is 0 Å². The lowest BCUT2D eigenvalue weighted by Gasteiger charge is -2.39. The van der Waals surface area contributed by atoms with Gasteiger partial charge in [-0.15, -0.1) is 0 Å². The first kappa shape index (κ1) is 17.1. The molecule has 0 amide bonds. The van der Waals surface area contributed by atoms with Crippen LogP contribution >= 0.6 is 0 Å². The summed E-state index contributed by atoms with van der Waals surface area (Å²) in [7, 11) is 0. The SMILES string of the molecule is Cc1cc(CCO[C@@H]2O[C@H](CO)[C@@H](O)[C@H](O)[C@H]2O)ccc1O. The molecule has 0 spiro atoms. The molecule has 1 saturated heterocycles. The molecule has 5 N–H and O–H groups in total. The summed E-state index contributed by atoms with van der Waals surface area (Å²) in [6, 6.07) is 5.18. The predicted molar refractivity (Wildman–Crippen MR) is 76.3 cm³/mol. The topological polar surface area (TPSA) is 120 Å². The molecule has 0 aromatic heterocycles. The molecule has 1 aromatic carbocycles. The summed E-state index contributed by atoms with van der Waals surface area (Å²) in [4.78, 5) is 0. The van der Waals surface area contributed by atoms with Gasteiger partial charge >= 0.3 is 0 Å². The van der Waals surface area contributed by atoms with E-state index in [2.05, 4.69) is 0 Å². The second kappa shape index (κ2) is 7.36. The summed E-state index contributed by atoms with van der Waals surface area (Å²) in [5.74, 6) is 0.221. The van der Waals surface area contributed by atoms with Gasteiger partial charge in [0.2, 0.25) is 0 Å². The van der Waals surface area contributed by atoms with Crippen molar-refractivity contribution in [3.63, 3.8) is 0 Å². The fraction of sp³-hybridized carbons (Fsp3) is 0.600. The number of rotatable bonds is 5. The van der Waals surface area contributed by atoms with Crippen LogP contribution in [0.2, 0.25) is 0 Å². The lowest BCUT2D eigenvalue weighted by molar-refractivity contribution is -0.300. The second-order valence-electron chi connectivity index (χ2n) is 5.44. The van der Waals surface area contributed by atoms with Crippen LogP contribution < -0.4 is 0 Å². The van der Waals surface area contributed by atoms with Crippen molar-refractivity contribution in [3.8, 4) is 5.75 Å². The highest BCUT2D eigenvalue weighted by Crippen LogP contribution is 2.22. The summed E-state index contributed by atoms with van der Waals surface area (Å²) in [6.45, 7) is 1.52. The summed E-state index contributed by atoms with van der Waals surface area (Å²) in [5, 5.41) is 47.7.